The van der Waals surface area contributed by atoms with Crippen molar-refractivity contribution in [1.82, 2.24) is 14.5 Å². The van der Waals surface area contributed by atoms with Gasteiger partial charge in [0.15, 0.2) is 0 Å². The Kier molecular flexibility index (Phi) is 5.81. The summed E-state index contributed by atoms with van der Waals surface area (Å²) < 4.78 is 2.79. The number of rotatable bonds is 6. The van der Waals surface area contributed by atoms with E-state index < -0.39 is 17.7 Å². The zero-order valence-corrected chi connectivity index (χ0v) is 17.7. The summed E-state index contributed by atoms with van der Waals surface area (Å²) in [6.45, 7) is 1.07. The summed E-state index contributed by atoms with van der Waals surface area (Å²) in [7, 11) is 0. The second-order valence-corrected chi connectivity index (χ2v) is 7.98. The minimum absolute atomic E-state index is 0.121. The highest BCUT2D eigenvalue weighted by Crippen LogP contribution is 2.39. The van der Waals surface area contributed by atoms with Crippen molar-refractivity contribution in [3.63, 3.8) is 0 Å². The van der Waals surface area contributed by atoms with E-state index in [0.29, 0.717) is 25.1 Å². The molecule has 7 heteroatoms. The van der Waals surface area contributed by atoms with Gasteiger partial charge in [0.05, 0.1) is 17.9 Å². The Balaban J connectivity index is 1.71. The second kappa shape index (κ2) is 8.67. The first-order valence-electron chi connectivity index (χ1n) is 9.61. The molecule has 1 amide bonds. The number of aromatic nitrogens is 2. The first-order valence-corrected chi connectivity index (χ1v) is 10.4. The fourth-order valence-corrected chi connectivity index (χ4v) is 3.96. The molecule has 1 aliphatic heterocycles. The van der Waals surface area contributed by atoms with E-state index in [9.17, 15) is 14.7 Å². The highest BCUT2D eigenvalue weighted by atomic mass is 79.9. The minimum atomic E-state index is -0.660. The molecule has 0 spiro atoms. The number of benzene rings is 2. The molecule has 0 aliphatic carbocycles. The number of aliphatic hydroxyl groups is 1. The van der Waals surface area contributed by atoms with Gasteiger partial charge in [-0.15, -0.1) is 0 Å². The molecule has 1 saturated heterocycles. The number of hydrogen-bond acceptors (Lipinski definition) is 4. The Bertz CT molecular complexity index is 1080. The SMILES string of the molecule is O=C1C(=O)N(CCCn2ccnc2)C(c2ccccc2)C1=C(O)c1ccc(Br)cc1. The number of carbonyl (C=O) groups is 2. The number of hydrogen-bond donors (Lipinski definition) is 1. The Morgan fingerprint density at radius 2 is 1.77 bits per heavy atom. The molecule has 30 heavy (non-hydrogen) atoms. The van der Waals surface area contributed by atoms with E-state index in [1.807, 2.05) is 41.1 Å². The van der Waals surface area contributed by atoms with Crippen LogP contribution in [0.1, 0.15) is 23.6 Å². The highest BCUT2D eigenvalue weighted by Gasteiger charge is 2.45. The van der Waals surface area contributed by atoms with Crippen LogP contribution in [0.5, 0.6) is 0 Å². The van der Waals surface area contributed by atoms with Crippen molar-refractivity contribution in [2.45, 2.75) is 19.0 Å². The summed E-state index contributed by atoms with van der Waals surface area (Å²) in [6.07, 6.45) is 5.94. The molecule has 0 saturated carbocycles. The van der Waals surface area contributed by atoms with E-state index in [-0.39, 0.29) is 11.3 Å². The van der Waals surface area contributed by atoms with E-state index >= 15 is 0 Å². The predicted molar refractivity (Wildman–Crippen MR) is 116 cm³/mol. The predicted octanol–water partition coefficient (Wildman–Crippen LogP) is 4.16. The average Bonchev–Trinajstić information content (AvgIpc) is 3.37. The van der Waals surface area contributed by atoms with E-state index in [4.69, 9.17) is 0 Å². The molecule has 1 aliphatic rings. The molecule has 4 rings (SSSR count). The Labute approximate surface area is 182 Å². The monoisotopic (exact) mass is 465 g/mol. The standard InChI is InChI=1S/C23H20BrN3O3/c24-18-9-7-17(8-10-18)21(28)19-20(16-5-2-1-3-6-16)27(23(30)22(19)29)13-4-12-26-14-11-25-15-26/h1-3,5-11,14-15,20,28H,4,12-13H2. The van der Waals surface area contributed by atoms with Crippen LogP contribution in [0, 0.1) is 0 Å². The molecule has 0 bridgehead atoms. The quantitative estimate of drug-likeness (QED) is 0.337. The molecule has 6 nitrogen and oxygen atoms in total. The van der Waals surface area contributed by atoms with Crippen molar-refractivity contribution in [2.24, 2.45) is 0 Å². The molecule has 2 aromatic carbocycles. The lowest BCUT2D eigenvalue weighted by Gasteiger charge is -2.25. The Morgan fingerprint density at radius 1 is 1.03 bits per heavy atom. The molecule has 1 atom stereocenters. The van der Waals surface area contributed by atoms with Gasteiger partial charge in [-0.3, -0.25) is 9.59 Å². The number of nitrogens with zero attached hydrogens (tertiary/aromatic N) is 3. The number of likely N-dealkylation sites (tertiary alicyclic amines) is 1. The zero-order chi connectivity index (χ0) is 21.1. The lowest BCUT2D eigenvalue weighted by atomic mass is 9.95. The van der Waals surface area contributed by atoms with Gasteiger partial charge >= 0.3 is 0 Å². The Morgan fingerprint density at radius 3 is 2.43 bits per heavy atom. The number of aliphatic hydroxyl groups excluding tert-OH is 1. The minimum Gasteiger partial charge on any atom is -0.507 e. The van der Waals surface area contributed by atoms with Gasteiger partial charge in [-0.05, 0) is 24.1 Å². The van der Waals surface area contributed by atoms with Crippen molar-refractivity contribution in [3.8, 4) is 0 Å². The van der Waals surface area contributed by atoms with Crippen LogP contribution in [-0.2, 0) is 16.1 Å². The number of aryl methyl sites for hydroxylation is 1. The topological polar surface area (TPSA) is 75.4 Å². The molecule has 2 heterocycles. The molecular weight excluding hydrogens is 446 g/mol. The zero-order valence-electron chi connectivity index (χ0n) is 16.1. The molecule has 152 valence electrons. The third-order valence-corrected chi connectivity index (χ3v) is 5.68. The normalized spacial score (nSPS) is 18.2. The molecule has 1 aromatic heterocycles. The van der Waals surface area contributed by atoms with Crippen LogP contribution < -0.4 is 0 Å². The van der Waals surface area contributed by atoms with Crippen LogP contribution in [0.15, 0.2) is 83.4 Å². The molecule has 0 radical (unpaired) electrons. The molecular formula is C23H20BrN3O3. The van der Waals surface area contributed by atoms with Crippen LogP contribution in [0.3, 0.4) is 0 Å². The van der Waals surface area contributed by atoms with E-state index in [1.165, 1.54) is 0 Å². The first-order chi connectivity index (χ1) is 14.6. The van der Waals surface area contributed by atoms with E-state index in [2.05, 4.69) is 20.9 Å². The number of carbonyl (C=O) groups excluding carboxylic acids is 2. The number of Topliss-reactive ketones (excluding diaryl/α,β-unsaturated/α-hetero) is 1. The number of ketones is 1. The first kappa shape index (κ1) is 20.1. The fraction of sp³-hybridized carbons (Fsp3) is 0.174. The van der Waals surface area contributed by atoms with Gasteiger partial charge in [0.2, 0.25) is 0 Å². The van der Waals surface area contributed by atoms with Gasteiger partial charge in [0.25, 0.3) is 11.7 Å². The molecule has 3 aromatic rings. The third kappa shape index (κ3) is 3.93. The fourth-order valence-electron chi connectivity index (χ4n) is 3.70. The van der Waals surface area contributed by atoms with Gasteiger partial charge in [-0.25, -0.2) is 4.98 Å². The second-order valence-electron chi connectivity index (χ2n) is 7.06. The molecule has 1 N–H and O–H groups in total. The number of halogens is 1. The summed E-state index contributed by atoms with van der Waals surface area (Å²) in [5.41, 5.74) is 1.41. The van der Waals surface area contributed by atoms with Crippen molar-refractivity contribution in [2.75, 3.05) is 6.54 Å². The maximum atomic E-state index is 12.9. The van der Waals surface area contributed by atoms with Crippen LogP contribution in [-0.4, -0.2) is 37.8 Å². The van der Waals surface area contributed by atoms with Crippen LogP contribution in [0.2, 0.25) is 0 Å². The highest BCUT2D eigenvalue weighted by molar-refractivity contribution is 9.10. The smallest absolute Gasteiger partial charge is 0.295 e. The van der Waals surface area contributed by atoms with Gasteiger partial charge in [-0.1, -0.05) is 58.4 Å². The van der Waals surface area contributed by atoms with Crippen molar-refractivity contribution < 1.29 is 14.7 Å². The maximum absolute atomic E-state index is 12.9. The Hall–Kier alpha value is -3.19. The largest absolute Gasteiger partial charge is 0.507 e. The van der Waals surface area contributed by atoms with E-state index in [1.54, 1.807) is 41.7 Å². The van der Waals surface area contributed by atoms with Crippen molar-refractivity contribution >= 4 is 33.4 Å². The summed E-state index contributed by atoms with van der Waals surface area (Å²) in [5, 5.41) is 11.0. The van der Waals surface area contributed by atoms with Gasteiger partial charge in [0.1, 0.15) is 5.76 Å². The van der Waals surface area contributed by atoms with E-state index in [0.717, 1.165) is 10.0 Å². The molecule has 1 unspecified atom stereocenters. The van der Waals surface area contributed by atoms with Crippen molar-refractivity contribution in [1.29, 1.82) is 0 Å². The summed E-state index contributed by atoms with van der Waals surface area (Å²) in [6, 6.07) is 15.7. The van der Waals surface area contributed by atoms with Gasteiger partial charge in [-0.2, -0.15) is 0 Å². The van der Waals surface area contributed by atoms with Crippen LogP contribution in [0.4, 0.5) is 0 Å². The number of amides is 1. The maximum Gasteiger partial charge on any atom is 0.295 e. The summed E-state index contributed by atoms with van der Waals surface area (Å²) in [4.78, 5) is 31.4. The molecule has 1 fully saturated rings. The summed E-state index contributed by atoms with van der Waals surface area (Å²) in [5.74, 6) is -1.41. The van der Waals surface area contributed by atoms with Crippen molar-refractivity contribution in [3.05, 3.63) is 94.5 Å². The summed E-state index contributed by atoms with van der Waals surface area (Å²) >= 11 is 3.37. The van der Waals surface area contributed by atoms with Crippen LogP contribution >= 0.6 is 15.9 Å². The lowest BCUT2D eigenvalue weighted by molar-refractivity contribution is -0.139. The number of imidazole rings is 1. The lowest BCUT2D eigenvalue weighted by Crippen LogP contribution is -2.31. The van der Waals surface area contributed by atoms with Crippen LogP contribution in [0.25, 0.3) is 5.76 Å². The van der Waals surface area contributed by atoms with Gasteiger partial charge < -0.3 is 14.6 Å². The van der Waals surface area contributed by atoms with Gasteiger partial charge in [0, 0.05) is 35.5 Å². The third-order valence-electron chi connectivity index (χ3n) is 5.15. The average molecular weight is 466 g/mol.